The Morgan fingerprint density at radius 3 is 2.10 bits per heavy atom. The van der Waals surface area contributed by atoms with Crippen LogP contribution in [0.15, 0.2) is 77.7 Å². The van der Waals surface area contributed by atoms with Crippen LogP contribution in [0.1, 0.15) is 11.1 Å². The summed E-state index contributed by atoms with van der Waals surface area (Å²) in [6, 6.07) is 18.4. The lowest BCUT2D eigenvalue weighted by molar-refractivity contribution is -0.129. The average molecular weight is 447 g/mol. The molecular weight excluding hydrogens is 427 g/mol. The van der Waals surface area contributed by atoms with Crippen LogP contribution in [-0.4, -0.2) is 26.3 Å². The Kier molecular flexibility index (Phi) is 6.74. The third-order valence-corrected chi connectivity index (χ3v) is 6.09. The summed E-state index contributed by atoms with van der Waals surface area (Å²) < 4.78 is 40.1. The molecule has 8 heteroatoms. The molecule has 0 aromatic heterocycles. The second-order valence-electron chi connectivity index (χ2n) is 6.81. The first-order valence-corrected chi connectivity index (χ1v) is 10.9. The molecular formula is C22H20ClFN2O3S. The predicted molar refractivity (Wildman–Crippen MR) is 115 cm³/mol. The fraction of sp³-hybridized carbons (Fsp3) is 0.136. The third-order valence-electron chi connectivity index (χ3n) is 4.44. The third kappa shape index (κ3) is 5.81. The van der Waals surface area contributed by atoms with E-state index in [1.165, 1.54) is 12.1 Å². The van der Waals surface area contributed by atoms with Crippen molar-refractivity contribution in [2.45, 2.75) is 17.9 Å². The molecule has 1 N–H and O–H groups in total. The summed E-state index contributed by atoms with van der Waals surface area (Å²) in [6.45, 7) is 0.464. The molecule has 30 heavy (non-hydrogen) atoms. The zero-order chi connectivity index (χ0) is 21.7. The van der Waals surface area contributed by atoms with Crippen molar-refractivity contribution in [1.82, 2.24) is 4.90 Å². The van der Waals surface area contributed by atoms with Crippen molar-refractivity contribution in [2.24, 2.45) is 0 Å². The fourth-order valence-electron chi connectivity index (χ4n) is 2.78. The Labute approximate surface area is 180 Å². The highest BCUT2D eigenvalue weighted by molar-refractivity contribution is 7.92. The lowest BCUT2D eigenvalue weighted by atomic mass is 10.1. The quantitative estimate of drug-likeness (QED) is 0.581. The first kappa shape index (κ1) is 21.8. The van der Waals surface area contributed by atoms with E-state index >= 15 is 0 Å². The number of hydrogen-bond donors (Lipinski definition) is 1. The molecule has 156 valence electrons. The van der Waals surface area contributed by atoms with Gasteiger partial charge < -0.3 is 4.90 Å². The monoisotopic (exact) mass is 446 g/mol. The summed E-state index contributed by atoms with van der Waals surface area (Å²) >= 11 is 5.87. The number of likely N-dealkylation sites (N-methyl/N-ethyl adjacent to an activating group) is 1. The van der Waals surface area contributed by atoms with Crippen LogP contribution in [0.3, 0.4) is 0 Å². The summed E-state index contributed by atoms with van der Waals surface area (Å²) in [7, 11) is -2.09. The van der Waals surface area contributed by atoms with Gasteiger partial charge in [0.05, 0.1) is 11.3 Å². The van der Waals surface area contributed by atoms with E-state index in [1.54, 1.807) is 48.3 Å². The van der Waals surface area contributed by atoms with Crippen LogP contribution < -0.4 is 4.72 Å². The first-order valence-electron chi connectivity index (χ1n) is 9.09. The molecule has 0 aliphatic rings. The molecule has 0 aliphatic heterocycles. The van der Waals surface area contributed by atoms with Crippen molar-refractivity contribution in [1.29, 1.82) is 0 Å². The number of carbonyl (C=O) groups excluding carboxylic acids is 1. The molecule has 3 rings (SSSR count). The van der Waals surface area contributed by atoms with E-state index in [0.717, 1.165) is 23.3 Å². The number of hydrogen-bond acceptors (Lipinski definition) is 3. The number of benzene rings is 3. The van der Waals surface area contributed by atoms with Gasteiger partial charge in [-0.2, -0.15) is 0 Å². The molecule has 0 unspecified atom stereocenters. The number of halogens is 2. The summed E-state index contributed by atoms with van der Waals surface area (Å²) in [5, 5.41) is 0.642. The first-order chi connectivity index (χ1) is 14.2. The highest BCUT2D eigenvalue weighted by atomic mass is 35.5. The number of sulfonamides is 1. The number of rotatable bonds is 7. The van der Waals surface area contributed by atoms with Crippen LogP contribution in [-0.2, 0) is 27.8 Å². The van der Waals surface area contributed by atoms with Crippen molar-refractivity contribution < 1.29 is 17.6 Å². The van der Waals surface area contributed by atoms with Gasteiger partial charge in [0.15, 0.2) is 0 Å². The molecule has 3 aromatic rings. The van der Waals surface area contributed by atoms with Gasteiger partial charge in [-0.25, -0.2) is 12.8 Å². The molecule has 0 aliphatic carbocycles. The highest BCUT2D eigenvalue weighted by Gasteiger charge is 2.15. The van der Waals surface area contributed by atoms with E-state index in [-0.39, 0.29) is 17.2 Å². The maximum Gasteiger partial charge on any atom is 0.261 e. The van der Waals surface area contributed by atoms with Crippen molar-refractivity contribution in [3.05, 3.63) is 94.8 Å². The number of amides is 1. The maximum absolute atomic E-state index is 13.0. The van der Waals surface area contributed by atoms with E-state index < -0.39 is 15.8 Å². The second-order valence-corrected chi connectivity index (χ2v) is 8.93. The van der Waals surface area contributed by atoms with E-state index in [4.69, 9.17) is 11.6 Å². The SMILES string of the molecule is CN(Cc1ccc(Cl)cc1)C(=O)Cc1ccc(NS(=O)(=O)c2ccc(F)cc2)cc1. The van der Waals surface area contributed by atoms with Crippen LogP contribution in [0.25, 0.3) is 0 Å². The summed E-state index contributed by atoms with van der Waals surface area (Å²) in [4.78, 5) is 14.1. The Balaban J connectivity index is 1.60. The topological polar surface area (TPSA) is 66.5 Å². The van der Waals surface area contributed by atoms with Crippen LogP contribution in [0.2, 0.25) is 5.02 Å². The van der Waals surface area contributed by atoms with E-state index in [9.17, 15) is 17.6 Å². The zero-order valence-corrected chi connectivity index (χ0v) is 17.8. The highest BCUT2D eigenvalue weighted by Crippen LogP contribution is 2.18. The van der Waals surface area contributed by atoms with Crippen molar-refractivity contribution >= 4 is 33.2 Å². The molecule has 0 heterocycles. The lowest BCUT2D eigenvalue weighted by Crippen LogP contribution is -2.27. The van der Waals surface area contributed by atoms with Crippen LogP contribution in [0.5, 0.6) is 0 Å². The smallest absolute Gasteiger partial charge is 0.261 e. The van der Waals surface area contributed by atoms with Crippen LogP contribution in [0.4, 0.5) is 10.1 Å². The van der Waals surface area contributed by atoms with Gasteiger partial charge in [-0.1, -0.05) is 35.9 Å². The summed E-state index contributed by atoms with van der Waals surface area (Å²) in [5.41, 5.74) is 2.08. The normalized spacial score (nSPS) is 11.2. The summed E-state index contributed by atoms with van der Waals surface area (Å²) in [6.07, 6.45) is 0.190. The molecule has 5 nitrogen and oxygen atoms in total. The number of nitrogens with one attached hydrogen (secondary N) is 1. The van der Waals surface area contributed by atoms with Gasteiger partial charge in [0.25, 0.3) is 10.0 Å². The molecule has 0 saturated heterocycles. The van der Waals surface area contributed by atoms with Crippen molar-refractivity contribution in [2.75, 3.05) is 11.8 Å². The molecule has 0 saturated carbocycles. The lowest BCUT2D eigenvalue weighted by Gasteiger charge is -2.17. The van der Waals surface area contributed by atoms with Gasteiger partial charge in [0.1, 0.15) is 5.82 Å². The molecule has 1 amide bonds. The Hall–Kier alpha value is -2.90. The van der Waals surface area contributed by atoms with Gasteiger partial charge in [0, 0.05) is 24.3 Å². The van der Waals surface area contributed by atoms with Gasteiger partial charge in [-0.3, -0.25) is 9.52 Å². The second kappa shape index (κ2) is 9.28. The molecule has 0 spiro atoms. The number of anilines is 1. The van der Waals surface area contributed by atoms with E-state index in [2.05, 4.69) is 4.72 Å². The molecule has 0 atom stereocenters. The predicted octanol–water partition coefficient (Wildman–Crippen LogP) is 4.48. The number of nitrogens with zero attached hydrogens (tertiary/aromatic N) is 1. The maximum atomic E-state index is 13.0. The standard InChI is InChI=1S/C22H20ClFN2O3S/c1-26(15-17-2-6-18(23)7-3-17)22(27)14-16-4-10-20(11-5-16)25-30(28,29)21-12-8-19(24)9-13-21/h2-13,25H,14-15H2,1H3. The van der Waals surface area contributed by atoms with Crippen molar-refractivity contribution in [3.63, 3.8) is 0 Å². The number of carbonyl (C=O) groups is 1. The van der Waals surface area contributed by atoms with Gasteiger partial charge in [0.2, 0.25) is 5.91 Å². The Morgan fingerprint density at radius 1 is 0.933 bits per heavy atom. The van der Waals surface area contributed by atoms with E-state index in [0.29, 0.717) is 17.3 Å². The zero-order valence-electron chi connectivity index (χ0n) is 16.2. The minimum atomic E-state index is -3.82. The van der Waals surface area contributed by atoms with E-state index in [1.807, 2.05) is 12.1 Å². The average Bonchev–Trinajstić information content (AvgIpc) is 2.71. The van der Waals surface area contributed by atoms with Gasteiger partial charge in [-0.15, -0.1) is 0 Å². The minimum absolute atomic E-state index is 0.0352. The van der Waals surface area contributed by atoms with Crippen molar-refractivity contribution in [3.8, 4) is 0 Å². The molecule has 0 radical (unpaired) electrons. The molecule has 3 aromatic carbocycles. The summed E-state index contributed by atoms with van der Waals surface area (Å²) in [5.74, 6) is -0.575. The van der Waals surface area contributed by atoms with Gasteiger partial charge >= 0.3 is 0 Å². The molecule has 0 fully saturated rings. The fourth-order valence-corrected chi connectivity index (χ4v) is 3.96. The van der Waals surface area contributed by atoms with Crippen LogP contribution in [0, 0.1) is 5.82 Å². The van der Waals surface area contributed by atoms with Crippen LogP contribution >= 0.6 is 11.6 Å². The Morgan fingerprint density at radius 2 is 1.50 bits per heavy atom. The van der Waals surface area contributed by atoms with Gasteiger partial charge in [-0.05, 0) is 59.7 Å². The molecule has 0 bridgehead atoms. The Bertz CT molecular complexity index is 1120. The largest absolute Gasteiger partial charge is 0.341 e. The minimum Gasteiger partial charge on any atom is -0.341 e.